The van der Waals surface area contributed by atoms with Crippen LogP contribution in [0.1, 0.15) is 35.1 Å². The molecule has 0 bridgehead atoms. The number of benzene rings is 2. The molecule has 2 N–H and O–H groups in total. The molecule has 2 heterocycles. The maximum Gasteiger partial charge on any atom is 0.253 e. The van der Waals surface area contributed by atoms with E-state index in [-0.39, 0.29) is 11.7 Å². The van der Waals surface area contributed by atoms with Crippen LogP contribution in [0, 0.1) is 13.8 Å². The molecule has 0 saturated carbocycles. The molecular weight excluding hydrogens is 434 g/mol. The molecule has 0 radical (unpaired) electrons. The Balaban J connectivity index is 1.58. The molecular formula is C26H31N3O3S. The van der Waals surface area contributed by atoms with Gasteiger partial charge in [0.2, 0.25) is 0 Å². The molecule has 1 aliphatic heterocycles. The number of ether oxygens (including phenoxy) is 2. The number of H-pyrrole nitrogens is 1. The van der Waals surface area contributed by atoms with E-state index in [4.69, 9.17) is 21.7 Å². The summed E-state index contributed by atoms with van der Waals surface area (Å²) in [7, 11) is 1.65. The molecule has 0 aliphatic carbocycles. The number of pyridine rings is 1. The Bertz CT molecular complexity index is 1180. The number of hydrogen-bond acceptors (Lipinski definition) is 4. The zero-order valence-corrected chi connectivity index (χ0v) is 20.3. The number of nitrogens with zero attached hydrogens (tertiary/aromatic N) is 1. The predicted octanol–water partition coefficient (Wildman–Crippen LogP) is 4.21. The van der Waals surface area contributed by atoms with Gasteiger partial charge in [-0.25, -0.2) is 0 Å². The van der Waals surface area contributed by atoms with Gasteiger partial charge in [0.25, 0.3) is 5.56 Å². The quantitative estimate of drug-likeness (QED) is 0.510. The van der Waals surface area contributed by atoms with Crippen LogP contribution in [0.5, 0.6) is 5.75 Å². The molecule has 4 rings (SSSR count). The maximum atomic E-state index is 13.0. The highest BCUT2D eigenvalue weighted by Crippen LogP contribution is 2.20. The minimum absolute atomic E-state index is 0.0853. The zero-order chi connectivity index (χ0) is 23.4. The molecule has 0 spiro atoms. The predicted molar refractivity (Wildman–Crippen MR) is 136 cm³/mol. The van der Waals surface area contributed by atoms with E-state index in [1.807, 2.05) is 42.2 Å². The van der Waals surface area contributed by atoms with Crippen molar-refractivity contribution in [2.75, 3.05) is 20.3 Å². The topological polar surface area (TPSA) is 66.6 Å². The summed E-state index contributed by atoms with van der Waals surface area (Å²) in [5, 5.41) is 4.99. The summed E-state index contributed by atoms with van der Waals surface area (Å²) >= 11 is 5.76. The van der Waals surface area contributed by atoms with Gasteiger partial charge in [0.1, 0.15) is 5.75 Å². The maximum absolute atomic E-state index is 13.0. The molecule has 0 unspecified atom stereocenters. The van der Waals surface area contributed by atoms with E-state index in [1.165, 1.54) is 0 Å². The Labute approximate surface area is 199 Å². The summed E-state index contributed by atoms with van der Waals surface area (Å²) in [6.45, 7) is 6.54. The average Bonchev–Trinajstić information content (AvgIpc) is 3.35. The molecule has 1 fully saturated rings. The summed E-state index contributed by atoms with van der Waals surface area (Å²) < 4.78 is 11.0. The lowest BCUT2D eigenvalue weighted by Gasteiger charge is -2.27. The fraction of sp³-hybridized carbons (Fsp3) is 0.385. The van der Waals surface area contributed by atoms with Gasteiger partial charge in [-0.3, -0.25) is 4.79 Å². The van der Waals surface area contributed by atoms with Crippen molar-refractivity contribution in [3.63, 3.8) is 0 Å². The number of aromatic amines is 1. The summed E-state index contributed by atoms with van der Waals surface area (Å²) in [4.78, 5) is 18.1. The third-order valence-corrected chi connectivity index (χ3v) is 6.72. The second-order valence-corrected chi connectivity index (χ2v) is 9.01. The van der Waals surface area contributed by atoms with Crippen molar-refractivity contribution in [1.29, 1.82) is 0 Å². The fourth-order valence-electron chi connectivity index (χ4n) is 4.16. The fourth-order valence-corrected chi connectivity index (χ4v) is 4.37. The Morgan fingerprint density at radius 2 is 2.00 bits per heavy atom. The van der Waals surface area contributed by atoms with Crippen LogP contribution in [0.15, 0.2) is 47.3 Å². The van der Waals surface area contributed by atoms with Crippen LogP contribution in [0.3, 0.4) is 0 Å². The first-order chi connectivity index (χ1) is 15.9. The van der Waals surface area contributed by atoms with Gasteiger partial charge in [-0.05, 0) is 79.2 Å². The van der Waals surface area contributed by atoms with E-state index in [0.29, 0.717) is 30.3 Å². The van der Waals surface area contributed by atoms with Gasteiger partial charge in [0.05, 0.1) is 25.3 Å². The number of fused-ring (bicyclic) bond motifs is 1. The third kappa shape index (κ3) is 5.54. The lowest BCUT2D eigenvalue weighted by molar-refractivity contribution is 0.113. The van der Waals surface area contributed by atoms with Crippen molar-refractivity contribution in [3.05, 3.63) is 75.1 Å². The first-order valence-electron chi connectivity index (χ1n) is 11.3. The van der Waals surface area contributed by atoms with Crippen molar-refractivity contribution in [2.24, 2.45) is 0 Å². The van der Waals surface area contributed by atoms with Crippen LogP contribution in [-0.4, -0.2) is 41.4 Å². The van der Waals surface area contributed by atoms with Crippen molar-refractivity contribution in [1.82, 2.24) is 15.2 Å². The molecule has 174 valence electrons. The lowest BCUT2D eigenvalue weighted by atomic mass is 10.0. The number of methoxy groups -OCH3 is 1. The van der Waals surface area contributed by atoms with E-state index in [9.17, 15) is 4.79 Å². The van der Waals surface area contributed by atoms with Gasteiger partial charge in [-0.1, -0.05) is 24.3 Å². The molecule has 0 amide bonds. The van der Waals surface area contributed by atoms with Crippen LogP contribution in [-0.2, 0) is 17.8 Å². The van der Waals surface area contributed by atoms with E-state index in [2.05, 4.69) is 29.4 Å². The van der Waals surface area contributed by atoms with Gasteiger partial charge >= 0.3 is 0 Å². The number of aryl methyl sites for hydroxylation is 2. The van der Waals surface area contributed by atoms with Crippen LogP contribution in [0.25, 0.3) is 10.9 Å². The Morgan fingerprint density at radius 3 is 2.70 bits per heavy atom. The van der Waals surface area contributed by atoms with E-state index in [0.717, 1.165) is 52.8 Å². The standard InChI is InChI=1S/C26H31N3O3S/c1-17-6-9-20-13-21(25(30)28-24(20)18(17)2)16-29(15-19-7-10-22(31-3)11-8-19)26(33)27-14-23-5-4-12-32-23/h6-11,13,23H,4-5,12,14-16H2,1-3H3,(H,27,33)(H,28,30)/t23-/m0/s1. The first kappa shape index (κ1) is 23.3. The van der Waals surface area contributed by atoms with E-state index >= 15 is 0 Å². The summed E-state index contributed by atoms with van der Waals surface area (Å²) in [6.07, 6.45) is 2.30. The molecule has 1 aliphatic rings. The van der Waals surface area contributed by atoms with Crippen molar-refractivity contribution >= 4 is 28.2 Å². The molecule has 1 saturated heterocycles. The van der Waals surface area contributed by atoms with Crippen LogP contribution >= 0.6 is 12.2 Å². The Morgan fingerprint density at radius 1 is 1.21 bits per heavy atom. The van der Waals surface area contributed by atoms with E-state index < -0.39 is 0 Å². The van der Waals surface area contributed by atoms with Crippen LogP contribution < -0.4 is 15.6 Å². The van der Waals surface area contributed by atoms with Crippen LogP contribution in [0.2, 0.25) is 0 Å². The Kier molecular flexibility index (Phi) is 7.30. The largest absolute Gasteiger partial charge is 0.497 e. The van der Waals surface area contributed by atoms with Gasteiger partial charge in [0, 0.05) is 25.3 Å². The lowest BCUT2D eigenvalue weighted by Crippen LogP contribution is -2.42. The molecule has 7 heteroatoms. The highest BCUT2D eigenvalue weighted by atomic mass is 32.1. The normalized spacial score (nSPS) is 15.5. The molecule has 3 aromatic rings. The minimum Gasteiger partial charge on any atom is -0.497 e. The minimum atomic E-state index is -0.0853. The first-order valence-corrected chi connectivity index (χ1v) is 11.7. The number of thiocarbonyl (C=S) groups is 1. The highest BCUT2D eigenvalue weighted by Gasteiger charge is 2.19. The second kappa shape index (κ2) is 10.4. The third-order valence-electron chi connectivity index (χ3n) is 6.31. The molecule has 6 nitrogen and oxygen atoms in total. The number of hydrogen-bond donors (Lipinski definition) is 2. The molecule has 33 heavy (non-hydrogen) atoms. The summed E-state index contributed by atoms with van der Waals surface area (Å²) in [5.74, 6) is 0.807. The van der Waals surface area contributed by atoms with E-state index in [1.54, 1.807) is 7.11 Å². The zero-order valence-electron chi connectivity index (χ0n) is 19.4. The highest BCUT2D eigenvalue weighted by molar-refractivity contribution is 7.80. The number of nitrogens with one attached hydrogen (secondary N) is 2. The van der Waals surface area contributed by atoms with Crippen LogP contribution in [0.4, 0.5) is 0 Å². The average molecular weight is 466 g/mol. The Hall–Kier alpha value is -2.90. The SMILES string of the molecule is COc1ccc(CN(Cc2cc3ccc(C)c(C)c3[nH]c2=O)C(=S)NC[C@@H]2CCCO2)cc1. The van der Waals surface area contributed by atoms with Crippen molar-refractivity contribution in [2.45, 2.75) is 45.9 Å². The number of rotatable bonds is 7. The van der Waals surface area contributed by atoms with Gasteiger partial charge in [-0.15, -0.1) is 0 Å². The van der Waals surface area contributed by atoms with Crippen molar-refractivity contribution < 1.29 is 9.47 Å². The monoisotopic (exact) mass is 465 g/mol. The second-order valence-electron chi connectivity index (χ2n) is 8.62. The smallest absolute Gasteiger partial charge is 0.253 e. The van der Waals surface area contributed by atoms with Gasteiger partial charge in [-0.2, -0.15) is 0 Å². The molecule has 1 atom stereocenters. The molecule has 2 aromatic carbocycles. The summed E-state index contributed by atoms with van der Waals surface area (Å²) in [6, 6.07) is 14.0. The number of aromatic nitrogens is 1. The summed E-state index contributed by atoms with van der Waals surface area (Å²) in [5.41, 5.74) is 4.83. The van der Waals surface area contributed by atoms with Gasteiger partial charge in [0.15, 0.2) is 5.11 Å². The van der Waals surface area contributed by atoms with Gasteiger partial charge < -0.3 is 24.7 Å². The molecule has 1 aromatic heterocycles. The van der Waals surface area contributed by atoms with Crippen molar-refractivity contribution in [3.8, 4) is 5.75 Å².